The maximum absolute atomic E-state index is 11.4. The molecule has 0 saturated heterocycles. The SMILES string of the molecule is CS(=O)(=O)Nc1cccc(O)c1CCCCCc1ccccc1. The van der Waals surface area contributed by atoms with Crippen LogP contribution >= 0.6 is 0 Å². The summed E-state index contributed by atoms with van der Waals surface area (Å²) in [6.07, 6.45) is 5.81. The van der Waals surface area contributed by atoms with Gasteiger partial charge in [-0.1, -0.05) is 42.8 Å². The molecule has 5 heteroatoms. The smallest absolute Gasteiger partial charge is 0.229 e. The van der Waals surface area contributed by atoms with E-state index in [-0.39, 0.29) is 5.75 Å². The van der Waals surface area contributed by atoms with Gasteiger partial charge < -0.3 is 5.11 Å². The second kappa shape index (κ2) is 8.02. The Morgan fingerprint density at radius 3 is 2.30 bits per heavy atom. The minimum absolute atomic E-state index is 0.140. The van der Waals surface area contributed by atoms with Gasteiger partial charge in [0.2, 0.25) is 10.0 Å². The number of sulfonamides is 1. The van der Waals surface area contributed by atoms with E-state index in [1.807, 2.05) is 18.2 Å². The number of anilines is 1. The van der Waals surface area contributed by atoms with Crippen LogP contribution < -0.4 is 4.72 Å². The number of phenolic OH excluding ortho intramolecular Hbond substituents is 1. The van der Waals surface area contributed by atoms with Gasteiger partial charge in [0.15, 0.2) is 0 Å². The minimum atomic E-state index is -3.35. The van der Waals surface area contributed by atoms with Gasteiger partial charge in [0.05, 0.1) is 11.9 Å². The Bertz CT molecular complexity index is 727. The molecule has 0 unspecified atom stereocenters. The van der Waals surface area contributed by atoms with Crippen LogP contribution in [0.1, 0.15) is 30.4 Å². The molecule has 0 aliphatic heterocycles. The predicted molar refractivity (Wildman–Crippen MR) is 94.3 cm³/mol. The maximum atomic E-state index is 11.4. The van der Waals surface area contributed by atoms with E-state index in [0.717, 1.165) is 31.9 Å². The third kappa shape index (κ3) is 5.94. The van der Waals surface area contributed by atoms with Crippen LogP contribution in [0.3, 0.4) is 0 Å². The Kier molecular flexibility index (Phi) is 6.04. The second-order valence-corrected chi connectivity index (χ2v) is 7.47. The normalized spacial score (nSPS) is 11.3. The molecule has 0 spiro atoms. The van der Waals surface area contributed by atoms with Gasteiger partial charge in [-0.15, -0.1) is 0 Å². The zero-order valence-corrected chi connectivity index (χ0v) is 14.1. The van der Waals surface area contributed by atoms with E-state index in [2.05, 4.69) is 16.9 Å². The fraction of sp³-hybridized carbons (Fsp3) is 0.333. The van der Waals surface area contributed by atoms with Gasteiger partial charge in [-0.05, 0) is 43.4 Å². The Labute approximate surface area is 138 Å². The Hall–Kier alpha value is -2.01. The Morgan fingerprint density at radius 1 is 0.913 bits per heavy atom. The molecule has 0 radical (unpaired) electrons. The third-order valence-electron chi connectivity index (χ3n) is 3.68. The van der Waals surface area contributed by atoms with Crippen LogP contribution in [0.15, 0.2) is 48.5 Å². The topological polar surface area (TPSA) is 66.4 Å². The number of nitrogens with one attached hydrogen (secondary N) is 1. The average molecular weight is 333 g/mol. The number of benzene rings is 2. The van der Waals surface area contributed by atoms with Crippen molar-refractivity contribution in [2.45, 2.75) is 32.1 Å². The monoisotopic (exact) mass is 333 g/mol. The Balaban J connectivity index is 1.88. The minimum Gasteiger partial charge on any atom is -0.508 e. The van der Waals surface area contributed by atoms with Crippen molar-refractivity contribution in [3.05, 3.63) is 59.7 Å². The zero-order valence-electron chi connectivity index (χ0n) is 13.3. The standard InChI is InChI=1S/C18H23NO3S/c1-23(21,22)19-17-13-8-14-18(20)16(17)12-7-3-6-11-15-9-4-2-5-10-15/h2,4-5,8-10,13-14,19-20H,3,6-7,11-12H2,1H3. The van der Waals surface area contributed by atoms with Crippen LogP contribution in [0.25, 0.3) is 0 Å². The van der Waals surface area contributed by atoms with E-state index in [0.29, 0.717) is 17.7 Å². The molecule has 2 aromatic rings. The van der Waals surface area contributed by atoms with E-state index in [4.69, 9.17) is 0 Å². The van der Waals surface area contributed by atoms with Crippen LogP contribution in [0.2, 0.25) is 0 Å². The summed E-state index contributed by atoms with van der Waals surface area (Å²) in [7, 11) is -3.35. The maximum Gasteiger partial charge on any atom is 0.229 e. The summed E-state index contributed by atoms with van der Waals surface area (Å²) >= 11 is 0. The molecule has 0 amide bonds. The molecule has 2 rings (SSSR count). The lowest BCUT2D eigenvalue weighted by Gasteiger charge is -2.12. The predicted octanol–water partition coefficient (Wildman–Crippen LogP) is 3.72. The van der Waals surface area contributed by atoms with Gasteiger partial charge >= 0.3 is 0 Å². The van der Waals surface area contributed by atoms with Gasteiger partial charge in [0.25, 0.3) is 0 Å². The summed E-state index contributed by atoms with van der Waals surface area (Å²) in [4.78, 5) is 0. The molecule has 0 aliphatic rings. The van der Waals surface area contributed by atoms with Crippen LogP contribution in [0, 0.1) is 0 Å². The molecule has 23 heavy (non-hydrogen) atoms. The lowest BCUT2D eigenvalue weighted by molar-refractivity contribution is 0.467. The highest BCUT2D eigenvalue weighted by molar-refractivity contribution is 7.92. The molecule has 4 nitrogen and oxygen atoms in total. The molecule has 124 valence electrons. The van der Waals surface area contributed by atoms with Crippen LogP contribution in [-0.2, 0) is 22.9 Å². The average Bonchev–Trinajstić information content (AvgIpc) is 2.49. The molecule has 0 fully saturated rings. The van der Waals surface area contributed by atoms with Crippen molar-refractivity contribution >= 4 is 15.7 Å². The number of hydrogen-bond donors (Lipinski definition) is 2. The van der Waals surface area contributed by atoms with E-state index < -0.39 is 10.0 Å². The molecule has 0 bridgehead atoms. The Morgan fingerprint density at radius 2 is 1.61 bits per heavy atom. The van der Waals surface area contributed by atoms with Gasteiger partial charge in [0, 0.05) is 5.56 Å². The lowest BCUT2D eigenvalue weighted by Crippen LogP contribution is -2.11. The fourth-order valence-corrected chi connectivity index (χ4v) is 3.18. The number of hydrogen-bond acceptors (Lipinski definition) is 3. The molecule has 0 aromatic heterocycles. The molecule has 0 saturated carbocycles. The second-order valence-electron chi connectivity index (χ2n) is 5.72. The molecule has 2 N–H and O–H groups in total. The van der Waals surface area contributed by atoms with Crippen molar-refractivity contribution in [2.24, 2.45) is 0 Å². The quantitative estimate of drug-likeness (QED) is 0.724. The summed E-state index contributed by atoms with van der Waals surface area (Å²) in [6.45, 7) is 0. The fourth-order valence-electron chi connectivity index (χ4n) is 2.59. The third-order valence-corrected chi connectivity index (χ3v) is 4.27. The van der Waals surface area contributed by atoms with E-state index >= 15 is 0 Å². The summed E-state index contributed by atoms with van der Waals surface area (Å²) in [5.74, 6) is 0.140. The first-order valence-corrected chi connectivity index (χ1v) is 9.67. The first kappa shape index (κ1) is 17.3. The van der Waals surface area contributed by atoms with Crippen molar-refractivity contribution in [3.8, 4) is 5.75 Å². The number of rotatable bonds is 8. The summed E-state index contributed by atoms with van der Waals surface area (Å²) < 4.78 is 25.3. The molecular weight excluding hydrogens is 310 g/mol. The first-order valence-electron chi connectivity index (χ1n) is 7.78. The van der Waals surface area contributed by atoms with Crippen LogP contribution in [0.4, 0.5) is 5.69 Å². The van der Waals surface area contributed by atoms with Gasteiger partial charge in [-0.3, -0.25) is 4.72 Å². The number of aromatic hydroxyl groups is 1. The summed E-state index contributed by atoms with van der Waals surface area (Å²) in [6, 6.07) is 15.3. The molecular formula is C18H23NO3S. The highest BCUT2D eigenvalue weighted by Gasteiger charge is 2.11. The highest BCUT2D eigenvalue weighted by atomic mass is 32.2. The van der Waals surface area contributed by atoms with E-state index in [1.165, 1.54) is 5.56 Å². The van der Waals surface area contributed by atoms with E-state index in [1.54, 1.807) is 18.2 Å². The van der Waals surface area contributed by atoms with Gasteiger partial charge in [-0.2, -0.15) is 0 Å². The van der Waals surface area contributed by atoms with Crippen molar-refractivity contribution in [1.29, 1.82) is 0 Å². The summed E-state index contributed by atoms with van der Waals surface area (Å²) in [5, 5.41) is 9.99. The number of unbranched alkanes of at least 4 members (excludes halogenated alkanes) is 2. The number of aryl methyl sites for hydroxylation is 1. The lowest BCUT2D eigenvalue weighted by atomic mass is 10.0. The number of phenols is 1. The van der Waals surface area contributed by atoms with Gasteiger partial charge in [0.1, 0.15) is 5.75 Å². The molecule has 0 heterocycles. The zero-order chi connectivity index (χ0) is 16.7. The molecule has 2 aromatic carbocycles. The van der Waals surface area contributed by atoms with Crippen molar-refractivity contribution in [2.75, 3.05) is 11.0 Å². The largest absolute Gasteiger partial charge is 0.508 e. The molecule has 0 atom stereocenters. The van der Waals surface area contributed by atoms with Gasteiger partial charge in [-0.25, -0.2) is 8.42 Å². The van der Waals surface area contributed by atoms with E-state index in [9.17, 15) is 13.5 Å². The summed E-state index contributed by atoms with van der Waals surface area (Å²) in [5.41, 5.74) is 2.46. The highest BCUT2D eigenvalue weighted by Crippen LogP contribution is 2.28. The molecule has 0 aliphatic carbocycles. The van der Waals surface area contributed by atoms with Crippen LogP contribution in [-0.4, -0.2) is 19.8 Å². The first-order chi connectivity index (χ1) is 11.0. The van der Waals surface area contributed by atoms with Crippen molar-refractivity contribution in [1.82, 2.24) is 0 Å². The van der Waals surface area contributed by atoms with Crippen LogP contribution in [0.5, 0.6) is 5.75 Å². The van der Waals surface area contributed by atoms with Crippen molar-refractivity contribution in [3.63, 3.8) is 0 Å². The van der Waals surface area contributed by atoms with Crippen molar-refractivity contribution < 1.29 is 13.5 Å².